The van der Waals surface area contributed by atoms with Gasteiger partial charge in [0.25, 0.3) is 0 Å². The second-order valence-electron chi connectivity index (χ2n) is 10.3. The third kappa shape index (κ3) is 7.14. The Kier molecular flexibility index (Phi) is 9.17. The molecule has 1 heterocycles. The number of para-hydroxylation sites is 1. The monoisotopic (exact) mass is 619 g/mol. The van der Waals surface area contributed by atoms with E-state index in [1.165, 1.54) is 18.2 Å². The van der Waals surface area contributed by atoms with Crippen molar-refractivity contribution in [1.29, 1.82) is 0 Å². The van der Waals surface area contributed by atoms with Crippen LogP contribution in [0.5, 0.6) is 5.75 Å². The summed E-state index contributed by atoms with van der Waals surface area (Å²) in [6.07, 6.45) is -3.34. The molecule has 0 aliphatic heterocycles. The van der Waals surface area contributed by atoms with Crippen LogP contribution in [0.3, 0.4) is 0 Å². The highest BCUT2D eigenvalue weighted by atomic mass is 19.4. The Morgan fingerprint density at radius 1 is 0.911 bits per heavy atom. The van der Waals surface area contributed by atoms with Gasteiger partial charge in [0.15, 0.2) is 0 Å². The molecule has 0 fully saturated rings. The third-order valence-electron chi connectivity index (χ3n) is 7.21. The van der Waals surface area contributed by atoms with E-state index >= 15 is 0 Å². The number of carboxylic acid groups (broad SMARTS) is 1. The van der Waals surface area contributed by atoms with Crippen molar-refractivity contribution in [2.75, 3.05) is 6.61 Å². The summed E-state index contributed by atoms with van der Waals surface area (Å²) in [6.45, 7) is 2.24. The molecule has 0 atom stereocenters. The number of nitrogens with zero attached hydrogens (tertiary/aromatic N) is 3. The maximum Gasteiger partial charge on any atom is 0.416 e. The van der Waals surface area contributed by atoms with Crippen molar-refractivity contribution in [1.82, 2.24) is 14.3 Å². The molecular weight excluding hydrogens is 590 g/mol. The number of carboxylic acids is 1. The fraction of sp³-hybridized carbons (Fsp3) is 0.206. The van der Waals surface area contributed by atoms with Gasteiger partial charge in [-0.25, -0.2) is 13.8 Å². The van der Waals surface area contributed by atoms with Gasteiger partial charge < -0.3 is 9.84 Å². The highest BCUT2D eigenvalue weighted by Gasteiger charge is 2.30. The number of aromatic nitrogens is 3. The average molecular weight is 620 g/mol. The quantitative estimate of drug-likeness (QED) is 0.160. The van der Waals surface area contributed by atoms with Gasteiger partial charge in [-0.15, -0.1) is 5.10 Å². The molecule has 0 unspecified atom stereocenters. The Morgan fingerprint density at radius 3 is 2.33 bits per heavy atom. The van der Waals surface area contributed by atoms with E-state index in [4.69, 9.17) is 4.74 Å². The van der Waals surface area contributed by atoms with Crippen LogP contribution in [0, 0.1) is 5.82 Å². The summed E-state index contributed by atoms with van der Waals surface area (Å²) >= 11 is 0. The lowest BCUT2D eigenvalue weighted by Gasteiger charge is -2.12. The molecule has 0 bridgehead atoms. The van der Waals surface area contributed by atoms with Gasteiger partial charge in [0.05, 0.1) is 30.0 Å². The van der Waals surface area contributed by atoms with E-state index in [2.05, 4.69) is 5.10 Å². The number of aryl methyl sites for hydroxylation is 2. The first-order valence-corrected chi connectivity index (χ1v) is 14.3. The zero-order chi connectivity index (χ0) is 32.1. The van der Waals surface area contributed by atoms with Crippen LogP contribution < -0.4 is 10.4 Å². The number of halogens is 4. The number of alkyl halides is 3. The molecule has 5 rings (SSSR count). The maximum absolute atomic E-state index is 14.8. The first-order chi connectivity index (χ1) is 21.5. The lowest BCUT2D eigenvalue weighted by atomic mass is 9.98. The first-order valence-electron chi connectivity index (χ1n) is 14.3. The predicted molar refractivity (Wildman–Crippen MR) is 161 cm³/mol. The van der Waals surface area contributed by atoms with Crippen molar-refractivity contribution < 1.29 is 32.2 Å². The van der Waals surface area contributed by atoms with E-state index in [-0.39, 0.29) is 30.0 Å². The number of rotatable bonds is 11. The highest BCUT2D eigenvalue weighted by Crippen LogP contribution is 2.30. The molecule has 0 radical (unpaired) electrons. The Hall–Kier alpha value is -5.19. The van der Waals surface area contributed by atoms with Gasteiger partial charge >= 0.3 is 17.8 Å². The number of ether oxygens (including phenoxy) is 1. The number of carbonyl (C=O) groups is 1. The normalized spacial score (nSPS) is 11.5. The lowest BCUT2D eigenvalue weighted by Crippen LogP contribution is -2.24. The molecule has 1 N–H and O–H groups in total. The van der Waals surface area contributed by atoms with E-state index in [9.17, 15) is 32.3 Å². The SMILES string of the molecule is CCOc1ccc(-c2cccc(CCCc3nn(-c4ccc(C(F)(F)F)cc4)c(=O)n3-c3ccccc3F)c2)cc1CC(=O)O. The van der Waals surface area contributed by atoms with Gasteiger partial charge in [-0.2, -0.15) is 17.9 Å². The van der Waals surface area contributed by atoms with Crippen LogP contribution in [0.4, 0.5) is 17.6 Å². The van der Waals surface area contributed by atoms with Gasteiger partial charge in [0.1, 0.15) is 17.4 Å². The summed E-state index contributed by atoms with van der Waals surface area (Å²) in [7, 11) is 0. The second-order valence-corrected chi connectivity index (χ2v) is 10.3. The summed E-state index contributed by atoms with van der Waals surface area (Å²) in [4.78, 5) is 24.9. The van der Waals surface area contributed by atoms with Crippen molar-refractivity contribution in [3.05, 3.63) is 130 Å². The molecule has 0 saturated carbocycles. The molecule has 0 aliphatic carbocycles. The predicted octanol–water partition coefficient (Wildman–Crippen LogP) is 7.05. The summed E-state index contributed by atoms with van der Waals surface area (Å²) in [5.74, 6) is -0.822. The van der Waals surface area contributed by atoms with Crippen molar-refractivity contribution >= 4 is 5.97 Å². The molecule has 232 valence electrons. The Morgan fingerprint density at radius 2 is 1.64 bits per heavy atom. The van der Waals surface area contributed by atoms with E-state index in [0.717, 1.165) is 50.2 Å². The Labute approximate surface area is 256 Å². The van der Waals surface area contributed by atoms with E-state index in [0.29, 0.717) is 30.8 Å². The van der Waals surface area contributed by atoms with Crippen LogP contribution in [0.25, 0.3) is 22.5 Å². The van der Waals surface area contributed by atoms with Crippen LogP contribution in [0.15, 0.2) is 95.8 Å². The summed E-state index contributed by atoms with van der Waals surface area (Å²) in [6, 6.07) is 23.0. The number of hydrogen-bond acceptors (Lipinski definition) is 4. The minimum absolute atomic E-state index is 0.00896. The van der Waals surface area contributed by atoms with Gasteiger partial charge in [-0.3, -0.25) is 4.79 Å². The molecule has 11 heteroatoms. The highest BCUT2D eigenvalue weighted by molar-refractivity contribution is 5.74. The zero-order valence-corrected chi connectivity index (χ0v) is 24.2. The van der Waals surface area contributed by atoms with Crippen molar-refractivity contribution in [3.63, 3.8) is 0 Å². The topological polar surface area (TPSA) is 86.4 Å². The minimum atomic E-state index is -4.54. The molecule has 4 aromatic carbocycles. The maximum atomic E-state index is 14.8. The van der Waals surface area contributed by atoms with Crippen LogP contribution in [0.1, 0.15) is 35.9 Å². The fourth-order valence-electron chi connectivity index (χ4n) is 5.12. The smallest absolute Gasteiger partial charge is 0.416 e. The van der Waals surface area contributed by atoms with Crippen LogP contribution in [-0.4, -0.2) is 32.0 Å². The van der Waals surface area contributed by atoms with E-state index < -0.39 is 29.2 Å². The molecule has 7 nitrogen and oxygen atoms in total. The van der Waals surface area contributed by atoms with Crippen LogP contribution in [0.2, 0.25) is 0 Å². The Bertz CT molecular complexity index is 1880. The summed E-state index contributed by atoms with van der Waals surface area (Å²) in [5, 5.41) is 13.7. The van der Waals surface area contributed by atoms with Gasteiger partial charge in [-0.05, 0) is 85.0 Å². The molecule has 0 amide bonds. The standard InChI is InChI=1S/C34H29F4N3O4/c1-2-45-30-18-13-24(20-25(30)21-32(42)43)23-9-5-7-22(19-23)8-6-12-31-39-41(27-16-14-26(15-17-27)34(36,37)38)33(44)40(31)29-11-4-3-10-28(29)35/h3-5,7,9-11,13-20H,2,6,8,12,21H2,1H3,(H,42,43). The molecule has 0 aliphatic rings. The molecule has 5 aromatic rings. The van der Waals surface area contributed by atoms with Crippen molar-refractivity contribution in [2.45, 2.75) is 38.8 Å². The van der Waals surface area contributed by atoms with Crippen LogP contribution in [-0.2, 0) is 30.2 Å². The number of hydrogen-bond donors (Lipinski definition) is 1. The third-order valence-corrected chi connectivity index (χ3v) is 7.21. The largest absolute Gasteiger partial charge is 0.494 e. The van der Waals surface area contributed by atoms with Gasteiger partial charge in [0.2, 0.25) is 0 Å². The Balaban J connectivity index is 1.40. The second kappa shape index (κ2) is 13.2. The van der Waals surface area contributed by atoms with Gasteiger partial charge in [-0.1, -0.05) is 42.5 Å². The zero-order valence-electron chi connectivity index (χ0n) is 24.2. The van der Waals surface area contributed by atoms with E-state index in [1.807, 2.05) is 37.3 Å². The lowest BCUT2D eigenvalue weighted by molar-refractivity contribution is -0.138. The van der Waals surface area contributed by atoms with Gasteiger partial charge in [0, 0.05) is 12.0 Å². The average Bonchev–Trinajstić information content (AvgIpc) is 3.33. The van der Waals surface area contributed by atoms with E-state index in [1.54, 1.807) is 18.2 Å². The molecule has 45 heavy (non-hydrogen) atoms. The number of aliphatic carboxylic acids is 1. The fourth-order valence-corrected chi connectivity index (χ4v) is 5.12. The number of benzene rings is 4. The van der Waals surface area contributed by atoms with Crippen molar-refractivity contribution in [2.24, 2.45) is 0 Å². The molecule has 1 aromatic heterocycles. The minimum Gasteiger partial charge on any atom is -0.494 e. The first kappa shape index (κ1) is 31.2. The summed E-state index contributed by atoms with van der Waals surface area (Å²) in [5.41, 5.74) is 1.81. The molecule has 0 saturated heterocycles. The summed E-state index contributed by atoms with van der Waals surface area (Å²) < 4.78 is 61.8. The molecule has 0 spiro atoms. The van der Waals surface area contributed by atoms with Crippen molar-refractivity contribution in [3.8, 4) is 28.3 Å². The van der Waals surface area contributed by atoms with Crippen LogP contribution >= 0.6 is 0 Å². The molecular formula is C34H29F4N3O4.